The second kappa shape index (κ2) is 5.97. The molecule has 2 aliphatic heterocycles. The van der Waals surface area contributed by atoms with Crippen LogP contribution in [-0.2, 0) is 4.74 Å². The number of aromatic amines is 1. The summed E-state index contributed by atoms with van der Waals surface area (Å²) < 4.78 is 5.55. The highest BCUT2D eigenvalue weighted by Crippen LogP contribution is 2.51. The van der Waals surface area contributed by atoms with Gasteiger partial charge >= 0.3 is 0 Å². The molecule has 2 fully saturated rings. The van der Waals surface area contributed by atoms with Gasteiger partial charge in [-0.25, -0.2) is 0 Å². The van der Waals surface area contributed by atoms with Crippen LogP contribution in [0.5, 0.6) is 0 Å². The maximum Gasteiger partial charge on any atom is 0.271 e. The maximum absolute atomic E-state index is 12.8. The Kier molecular flexibility index (Phi) is 3.60. The summed E-state index contributed by atoms with van der Waals surface area (Å²) in [6.45, 7) is 5.13. The number of aromatic nitrogens is 2. The van der Waals surface area contributed by atoms with Gasteiger partial charge in [-0.1, -0.05) is 24.3 Å². The second-order valence-electron chi connectivity index (χ2n) is 7.17. The van der Waals surface area contributed by atoms with E-state index in [2.05, 4.69) is 39.4 Å². The van der Waals surface area contributed by atoms with Crippen LogP contribution in [0.1, 0.15) is 33.6 Å². The van der Waals surface area contributed by atoms with Crippen molar-refractivity contribution in [1.29, 1.82) is 0 Å². The smallest absolute Gasteiger partial charge is 0.271 e. The lowest BCUT2D eigenvalue weighted by atomic mass is 9.93. The van der Waals surface area contributed by atoms with Gasteiger partial charge in [0.2, 0.25) is 0 Å². The third kappa shape index (κ3) is 2.40. The van der Waals surface area contributed by atoms with Crippen LogP contribution in [0.3, 0.4) is 0 Å². The van der Waals surface area contributed by atoms with Gasteiger partial charge in [-0.15, -0.1) is 0 Å². The van der Waals surface area contributed by atoms with E-state index in [-0.39, 0.29) is 5.91 Å². The summed E-state index contributed by atoms with van der Waals surface area (Å²) in [6.07, 6.45) is 1.63. The summed E-state index contributed by atoms with van der Waals surface area (Å²) in [4.78, 5) is 17.3. The third-order valence-corrected chi connectivity index (χ3v) is 5.94. The van der Waals surface area contributed by atoms with E-state index in [0.29, 0.717) is 23.6 Å². The van der Waals surface area contributed by atoms with Gasteiger partial charge in [0, 0.05) is 50.3 Å². The zero-order chi connectivity index (χ0) is 16.8. The van der Waals surface area contributed by atoms with Crippen LogP contribution in [0.2, 0.25) is 0 Å². The molecule has 1 aromatic carbocycles. The first-order chi connectivity index (χ1) is 12.3. The average Bonchev–Trinajstić information content (AvgIpc) is 3.38. The minimum absolute atomic E-state index is 0.0603. The van der Waals surface area contributed by atoms with Crippen LogP contribution in [0.25, 0.3) is 0 Å². The summed E-state index contributed by atoms with van der Waals surface area (Å²) in [5, 5.41) is 6.72. The van der Waals surface area contributed by atoms with Gasteiger partial charge in [-0.3, -0.25) is 14.8 Å². The Hall–Kier alpha value is -2.18. The molecule has 0 spiro atoms. The largest absolute Gasteiger partial charge is 0.379 e. The topological polar surface area (TPSA) is 61.5 Å². The van der Waals surface area contributed by atoms with E-state index in [1.807, 2.05) is 4.90 Å². The van der Waals surface area contributed by atoms with Gasteiger partial charge in [0.05, 0.1) is 13.2 Å². The summed E-state index contributed by atoms with van der Waals surface area (Å²) in [7, 11) is 0. The zero-order valence-corrected chi connectivity index (χ0v) is 14.1. The predicted molar refractivity (Wildman–Crippen MR) is 92.3 cm³/mol. The highest BCUT2D eigenvalue weighted by molar-refractivity contribution is 5.92. The number of fused-ring (bicyclic) bond motifs is 3. The molecule has 25 heavy (non-hydrogen) atoms. The molecule has 5 rings (SSSR count). The SMILES string of the molecule is O=C(c1ccn[nH]1)N1C[C@H]2[C@@H](C1)c1ccccc1[C@@H]2N1CCOCC1. The number of hydrogen-bond acceptors (Lipinski definition) is 4. The van der Waals surface area contributed by atoms with E-state index >= 15 is 0 Å². The van der Waals surface area contributed by atoms with Crippen molar-refractivity contribution in [3.8, 4) is 0 Å². The Morgan fingerprint density at radius 3 is 2.68 bits per heavy atom. The minimum atomic E-state index is 0.0603. The van der Waals surface area contributed by atoms with Crippen molar-refractivity contribution in [3.05, 3.63) is 53.3 Å². The number of nitrogens with zero attached hydrogens (tertiary/aromatic N) is 3. The van der Waals surface area contributed by atoms with Crippen molar-refractivity contribution in [1.82, 2.24) is 20.0 Å². The summed E-state index contributed by atoms with van der Waals surface area (Å²) >= 11 is 0. The number of carbonyl (C=O) groups excluding carboxylic acids is 1. The minimum Gasteiger partial charge on any atom is -0.379 e. The molecule has 0 saturated carbocycles. The summed E-state index contributed by atoms with van der Waals surface area (Å²) in [5.41, 5.74) is 3.45. The fourth-order valence-corrected chi connectivity index (χ4v) is 4.86. The molecule has 1 aromatic heterocycles. The number of amides is 1. The van der Waals surface area contributed by atoms with Gasteiger partial charge in [0.15, 0.2) is 0 Å². The molecule has 3 heterocycles. The lowest BCUT2D eigenvalue weighted by molar-refractivity contribution is 0.00481. The molecule has 3 atom stereocenters. The van der Waals surface area contributed by atoms with Crippen molar-refractivity contribution >= 4 is 5.91 Å². The molecule has 1 N–H and O–H groups in total. The first-order valence-electron chi connectivity index (χ1n) is 9.02. The van der Waals surface area contributed by atoms with E-state index in [9.17, 15) is 4.79 Å². The normalized spacial score (nSPS) is 28.8. The molecule has 2 aromatic rings. The van der Waals surface area contributed by atoms with E-state index in [1.54, 1.807) is 12.3 Å². The fraction of sp³-hybridized carbons (Fsp3) is 0.474. The highest BCUT2D eigenvalue weighted by atomic mass is 16.5. The number of morpholine rings is 1. The van der Waals surface area contributed by atoms with Crippen LogP contribution >= 0.6 is 0 Å². The van der Waals surface area contributed by atoms with Gasteiger partial charge < -0.3 is 9.64 Å². The maximum atomic E-state index is 12.8. The second-order valence-corrected chi connectivity index (χ2v) is 7.17. The van der Waals surface area contributed by atoms with E-state index in [0.717, 1.165) is 39.4 Å². The highest BCUT2D eigenvalue weighted by Gasteiger charge is 2.49. The van der Waals surface area contributed by atoms with Gasteiger partial charge in [-0.2, -0.15) is 5.10 Å². The van der Waals surface area contributed by atoms with Crippen molar-refractivity contribution in [2.75, 3.05) is 39.4 Å². The number of nitrogens with one attached hydrogen (secondary N) is 1. The third-order valence-electron chi connectivity index (χ3n) is 5.94. The Labute approximate surface area is 146 Å². The Bertz CT molecular complexity index is 769. The summed E-state index contributed by atoms with van der Waals surface area (Å²) in [5.74, 6) is 0.948. The first-order valence-corrected chi connectivity index (χ1v) is 9.02. The molecule has 1 aliphatic carbocycles. The first kappa shape index (κ1) is 15.1. The predicted octanol–water partition coefficient (Wildman–Crippen LogP) is 1.65. The molecule has 0 unspecified atom stereocenters. The number of carbonyl (C=O) groups is 1. The van der Waals surface area contributed by atoms with Crippen molar-refractivity contribution in [2.45, 2.75) is 12.0 Å². The van der Waals surface area contributed by atoms with Crippen molar-refractivity contribution in [2.24, 2.45) is 5.92 Å². The average molecular weight is 338 g/mol. The number of hydrogen-bond donors (Lipinski definition) is 1. The molecule has 6 nitrogen and oxygen atoms in total. The lowest BCUT2D eigenvalue weighted by Crippen LogP contribution is -2.42. The van der Waals surface area contributed by atoms with Gasteiger partial charge in [-0.05, 0) is 17.2 Å². The number of ether oxygens (including phenoxy) is 1. The standard InChI is InChI=1S/C19H22N4O2/c24-19(17-5-6-20-21-17)23-11-15-13-3-1-2-4-14(13)18(16(15)12-23)22-7-9-25-10-8-22/h1-6,15-16,18H,7-12H2,(H,20,21)/t15-,16-,18-/m0/s1. The van der Waals surface area contributed by atoms with Crippen LogP contribution in [0, 0.1) is 5.92 Å². The zero-order valence-electron chi connectivity index (χ0n) is 14.1. The van der Waals surface area contributed by atoms with Gasteiger partial charge in [0.25, 0.3) is 5.91 Å². The van der Waals surface area contributed by atoms with Crippen molar-refractivity contribution < 1.29 is 9.53 Å². The van der Waals surface area contributed by atoms with E-state index in [4.69, 9.17) is 4.74 Å². The number of likely N-dealkylation sites (tertiary alicyclic amines) is 1. The Morgan fingerprint density at radius 2 is 1.92 bits per heavy atom. The van der Waals surface area contributed by atoms with Crippen molar-refractivity contribution in [3.63, 3.8) is 0 Å². The summed E-state index contributed by atoms with van der Waals surface area (Å²) in [6, 6.07) is 10.9. The number of rotatable bonds is 2. The van der Waals surface area contributed by atoms with E-state index in [1.165, 1.54) is 11.1 Å². The molecular weight excluding hydrogens is 316 g/mol. The molecule has 3 aliphatic rings. The molecule has 6 heteroatoms. The fourth-order valence-electron chi connectivity index (χ4n) is 4.86. The van der Waals surface area contributed by atoms with Crippen LogP contribution in [0.15, 0.2) is 36.5 Å². The molecule has 1 amide bonds. The number of benzene rings is 1. The Balaban J connectivity index is 1.46. The lowest BCUT2D eigenvalue weighted by Gasteiger charge is -2.36. The van der Waals surface area contributed by atoms with Crippen LogP contribution in [-0.4, -0.2) is 65.3 Å². The molecule has 2 saturated heterocycles. The van der Waals surface area contributed by atoms with Gasteiger partial charge in [0.1, 0.15) is 5.69 Å². The van der Waals surface area contributed by atoms with Crippen LogP contribution in [0.4, 0.5) is 0 Å². The quantitative estimate of drug-likeness (QED) is 0.904. The monoisotopic (exact) mass is 338 g/mol. The molecule has 130 valence electrons. The molecule has 0 bridgehead atoms. The Morgan fingerprint density at radius 1 is 1.12 bits per heavy atom. The number of H-pyrrole nitrogens is 1. The van der Waals surface area contributed by atoms with Crippen LogP contribution < -0.4 is 0 Å². The van der Waals surface area contributed by atoms with E-state index < -0.39 is 0 Å². The molecular formula is C19H22N4O2. The molecule has 0 radical (unpaired) electrons.